The molecule has 0 aliphatic carbocycles. The molecule has 6 heteroatoms. The van der Waals surface area contributed by atoms with Crippen LogP contribution in [-0.2, 0) is 6.54 Å². The standard InChI is InChI=1S/C14H14Cl2N2O2/c1-19-13-3-4-17-12(14(13)20-2)8-18-11-6-9(15)5-10(16)7-11/h3-7,18H,8H2,1-2H3. The zero-order chi connectivity index (χ0) is 14.5. The fourth-order valence-electron chi connectivity index (χ4n) is 1.82. The minimum atomic E-state index is 0.469. The molecule has 4 nitrogen and oxygen atoms in total. The van der Waals surface area contributed by atoms with E-state index >= 15 is 0 Å². The highest BCUT2D eigenvalue weighted by atomic mass is 35.5. The Balaban J connectivity index is 2.18. The second-order valence-electron chi connectivity index (χ2n) is 4.00. The number of methoxy groups -OCH3 is 2. The SMILES string of the molecule is COc1ccnc(CNc2cc(Cl)cc(Cl)c2)c1OC. The summed E-state index contributed by atoms with van der Waals surface area (Å²) < 4.78 is 10.6. The van der Waals surface area contributed by atoms with Gasteiger partial charge in [0, 0.05) is 28.0 Å². The van der Waals surface area contributed by atoms with Gasteiger partial charge in [-0.15, -0.1) is 0 Å². The van der Waals surface area contributed by atoms with E-state index in [1.54, 1.807) is 44.7 Å². The third kappa shape index (κ3) is 3.46. The lowest BCUT2D eigenvalue weighted by atomic mass is 10.2. The summed E-state index contributed by atoms with van der Waals surface area (Å²) in [6, 6.07) is 7.01. The minimum absolute atomic E-state index is 0.469. The second kappa shape index (κ2) is 6.68. The molecule has 0 spiro atoms. The van der Waals surface area contributed by atoms with Crippen molar-refractivity contribution in [3.8, 4) is 11.5 Å². The first kappa shape index (κ1) is 14.8. The van der Waals surface area contributed by atoms with Crippen molar-refractivity contribution in [2.75, 3.05) is 19.5 Å². The third-order valence-electron chi connectivity index (χ3n) is 2.69. The highest BCUT2D eigenvalue weighted by molar-refractivity contribution is 6.35. The molecule has 1 N–H and O–H groups in total. The van der Waals surface area contributed by atoms with Crippen LogP contribution in [0.1, 0.15) is 5.69 Å². The van der Waals surface area contributed by atoms with Crippen molar-refractivity contribution in [1.82, 2.24) is 4.98 Å². The molecule has 0 aliphatic rings. The average Bonchev–Trinajstić information content (AvgIpc) is 2.43. The molecule has 0 bridgehead atoms. The number of benzene rings is 1. The molecule has 106 valence electrons. The van der Waals surface area contributed by atoms with Gasteiger partial charge in [-0.25, -0.2) is 0 Å². The molecule has 1 aromatic carbocycles. The zero-order valence-corrected chi connectivity index (χ0v) is 12.6. The van der Waals surface area contributed by atoms with Crippen molar-refractivity contribution in [3.05, 3.63) is 46.2 Å². The minimum Gasteiger partial charge on any atom is -0.493 e. The van der Waals surface area contributed by atoms with Crippen LogP contribution in [-0.4, -0.2) is 19.2 Å². The summed E-state index contributed by atoms with van der Waals surface area (Å²) in [5, 5.41) is 4.35. The number of pyridine rings is 1. The van der Waals surface area contributed by atoms with Crippen LogP contribution >= 0.6 is 23.2 Å². The lowest BCUT2D eigenvalue weighted by Crippen LogP contribution is -2.05. The molecule has 0 unspecified atom stereocenters. The van der Waals surface area contributed by atoms with E-state index in [0.29, 0.717) is 28.1 Å². The summed E-state index contributed by atoms with van der Waals surface area (Å²) in [5.74, 6) is 1.25. The topological polar surface area (TPSA) is 43.4 Å². The Labute approximate surface area is 127 Å². The van der Waals surface area contributed by atoms with Crippen molar-refractivity contribution in [2.24, 2.45) is 0 Å². The quantitative estimate of drug-likeness (QED) is 0.905. The largest absolute Gasteiger partial charge is 0.493 e. The highest BCUT2D eigenvalue weighted by Crippen LogP contribution is 2.30. The number of aromatic nitrogens is 1. The maximum absolute atomic E-state index is 5.95. The fraction of sp³-hybridized carbons (Fsp3) is 0.214. The Morgan fingerprint density at radius 1 is 1.10 bits per heavy atom. The smallest absolute Gasteiger partial charge is 0.184 e. The predicted octanol–water partition coefficient (Wildman–Crippen LogP) is 4.02. The van der Waals surface area contributed by atoms with Gasteiger partial charge in [-0.3, -0.25) is 4.98 Å². The monoisotopic (exact) mass is 312 g/mol. The highest BCUT2D eigenvalue weighted by Gasteiger charge is 2.10. The van der Waals surface area contributed by atoms with Gasteiger partial charge in [-0.05, 0) is 18.2 Å². The van der Waals surface area contributed by atoms with Gasteiger partial charge in [0.15, 0.2) is 11.5 Å². The van der Waals surface area contributed by atoms with Crippen molar-refractivity contribution < 1.29 is 9.47 Å². The summed E-state index contributed by atoms with van der Waals surface area (Å²) in [7, 11) is 3.17. The number of hydrogen-bond acceptors (Lipinski definition) is 4. The first-order valence-corrected chi connectivity index (χ1v) is 6.65. The molecule has 0 aliphatic heterocycles. The molecule has 20 heavy (non-hydrogen) atoms. The van der Waals surface area contributed by atoms with Crippen LogP contribution in [0, 0.1) is 0 Å². The maximum Gasteiger partial charge on any atom is 0.184 e. The van der Waals surface area contributed by atoms with Crippen molar-refractivity contribution >= 4 is 28.9 Å². The summed E-state index contributed by atoms with van der Waals surface area (Å²) >= 11 is 11.9. The summed E-state index contributed by atoms with van der Waals surface area (Å²) in [6.45, 7) is 0.469. The third-order valence-corrected chi connectivity index (χ3v) is 3.13. The molecular formula is C14H14Cl2N2O2. The fourth-order valence-corrected chi connectivity index (χ4v) is 2.34. The van der Waals surface area contributed by atoms with Crippen molar-refractivity contribution in [2.45, 2.75) is 6.54 Å². The number of rotatable bonds is 5. The van der Waals surface area contributed by atoms with Gasteiger partial charge >= 0.3 is 0 Å². The first-order valence-electron chi connectivity index (χ1n) is 5.90. The van der Waals surface area contributed by atoms with E-state index in [9.17, 15) is 0 Å². The normalized spacial score (nSPS) is 10.2. The first-order chi connectivity index (χ1) is 9.63. The Bertz CT molecular complexity index is 585. The molecule has 1 aromatic heterocycles. The number of halogens is 2. The molecule has 2 aromatic rings. The van der Waals surface area contributed by atoms with Crippen molar-refractivity contribution in [1.29, 1.82) is 0 Å². The zero-order valence-electron chi connectivity index (χ0n) is 11.1. The average molecular weight is 313 g/mol. The van der Waals surface area contributed by atoms with E-state index in [4.69, 9.17) is 32.7 Å². The van der Waals surface area contributed by atoms with Gasteiger partial charge in [0.1, 0.15) is 5.69 Å². The molecular weight excluding hydrogens is 299 g/mol. The van der Waals surface area contributed by atoms with Gasteiger partial charge in [0.25, 0.3) is 0 Å². The van der Waals surface area contributed by atoms with Crippen LogP contribution in [0.15, 0.2) is 30.5 Å². The van der Waals surface area contributed by atoms with Crippen LogP contribution in [0.25, 0.3) is 0 Å². The Kier molecular flexibility index (Phi) is 4.93. The maximum atomic E-state index is 5.95. The van der Waals surface area contributed by atoms with Crippen LogP contribution in [0.3, 0.4) is 0 Å². The number of anilines is 1. The molecule has 0 atom stereocenters. The van der Waals surface area contributed by atoms with Crippen LogP contribution < -0.4 is 14.8 Å². The molecule has 0 radical (unpaired) electrons. The van der Waals surface area contributed by atoms with E-state index < -0.39 is 0 Å². The number of hydrogen-bond donors (Lipinski definition) is 1. The van der Waals surface area contributed by atoms with Gasteiger partial charge in [0.2, 0.25) is 0 Å². The summed E-state index contributed by atoms with van der Waals surface area (Å²) in [4.78, 5) is 4.28. The Morgan fingerprint density at radius 3 is 2.40 bits per heavy atom. The number of nitrogens with zero attached hydrogens (tertiary/aromatic N) is 1. The summed E-state index contributed by atoms with van der Waals surface area (Å²) in [6.07, 6.45) is 1.67. The van der Waals surface area contributed by atoms with Crippen LogP contribution in [0.2, 0.25) is 10.0 Å². The molecule has 0 saturated carbocycles. The molecule has 1 heterocycles. The van der Waals surface area contributed by atoms with Gasteiger partial charge in [0.05, 0.1) is 20.8 Å². The molecule has 0 amide bonds. The van der Waals surface area contributed by atoms with E-state index in [-0.39, 0.29) is 0 Å². The Hall–Kier alpha value is -1.65. The van der Waals surface area contributed by atoms with Crippen LogP contribution in [0.4, 0.5) is 5.69 Å². The van der Waals surface area contributed by atoms with E-state index in [1.807, 2.05) is 0 Å². The lowest BCUT2D eigenvalue weighted by Gasteiger charge is -2.13. The van der Waals surface area contributed by atoms with Crippen LogP contribution in [0.5, 0.6) is 11.5 Å². The Morgan fingerprint density at radius 2 is 1.80 bits per heavy atom. The van der Waals surface area contributed by atoms with Gasteiger partial charge < -0.3 is 14.8 Å². The van der Waals surface area contributed by atoms with E-state index in [0.717, 1.165) is 11.4 Å². The summed E-state index contributed by atoms with van der Waals surface area (Å²) in [5.41, 5.74) is 1.55. The van der Waals surface area contributed by atoms with Gasteiger partial charge in [-0.2, -0.15) is 0 Å². The number of nitrogens with one attached hydrogen (secondary N) is 1. The van der Waals surface area contributed by atoms with Gasteiger partial charge in [-0.1, -0.05) is 23.2 Å². The molecule has 0 fully saturated rings. The second-order valence-corrected chi connectivity index (χ2v) is 4.88. The molecule has 2 rings (SSSR count). The van der Waals surface area contributed by atoms with Crippen molar-refractivity contribution in [3.63, 3.8) is 0 Å². The molecule has 0 saturated heterocycles. The lowest BCUT2D eigenvalue weighted by molar-refractivity contribution is 0.350. The number of ether oxygens (including phenoxy) is 2. The van der Waals surface area contributed by atoms with E-state index in [1.165, 1.54) is 0 Å². The predicted molar refractivity (Wildman–Crippen MR) is 81.1 cm³/mol. The van der Waals surface area contributed by atoms with E-state index in [2.05, 4.69) is 10.3 Å².